The van der Waals surface area contributed by atoms with E-state index >= 15 is 0 Å². The molecule has 0 spiro atoms. The van der Waals surface area contributed by atoms with Gasteiger partial charge in [-0.1, -0.05) is 68.2 Å². The van der Waals surface area contributed by atoms with E-state index in [1.54, 1.807) is 0 Å². The summed E-state index contributed by atoms with van der Waals surface area (Å²) in [6, 6.07) is 11.0. The first-order chi connectivity index (χ1) is 13.8. The second-order valence-corrected chi connectivity index (χ2v) is 8.83. The zero-order chi connectivity index (χ0) is 19.0. The molecule has 4 nitrogen and oxygen atoms in total. The van der Waals surface area contributed by atoms with Crippen molar-refractivity contribution in [2.45, 2.75) is 63.2 Å². The van der Waals surface area contributed by atoms with Crippen LogP contribution in [0.15, 0.2) is 36.4 Å². The van der Waals surface area contributed by atoms with Crippen molar-refractivity contribution in [2.75, 3.05) is 5.32 Å². The maximum Gasteiger partial charge on any atom is 0.228 e. The van der Waals surface area contributed by atoms with Gasteiger partial charge in [-0.2, -0.15) is 5.10 Å². The van der Waals surface area contributed by atoms with E-state index in [4.69, 9.17) is 0 Å². The number of aromatic amines is 1. The number of hydrogen-bond acceptors (Lipinski definition) is 2. The summed E-state index contributed by atoms with van der Waals surface area (Å²) < 4.78 is 0. The van der Waals surface area contributed by atoms with Crippen molar-refractivity contribution in [2.24, 2.45) is 11.8 Å². The molecule has 1 aromatic heterocycles. The van der Waals surface area contributed by atoms with Crippen LogP contribution in [0.1, 0.15) is 68.2 Å². The van der Waals surface area contributed by atoms with Gasteiger partial charge in [0.15, 0.2) is 5.82 Å². The van der Waals surface area contributed by atoms with E-state index in [-0.39, 0.29) is 17.2 Å². The lowest BCUT2D eigenvalue weighted by molar-refractivity contribution is -0.122. The number of amides is 1. The Labute approximate surface area is 166 Å². The molecular formula is C24H29N3O. The zero-order valence-corrected chi connectivity index (χ0v) is 16.4. The molecule has 28 heavy (non-hydrogen) atoms. The summed E-state index contributed by atoms with van der Waals surface area (Å²) in [6.07, 6.45) is 15.3. The Hall–Kier alpha value is -2.36. The van der Waals surface area contributed by atoms with E-state index in [1.807, 2.05) is 0 Å². The van der Waals surface area contributed by atoms with Crippen LogP contribution in [0, 0.1) is 11.8 Å². The first-order valence-electron chi connectivity index (χ1n) is 10.9. The minimum Gasteiger partial charge on any atom is -0.308 e. The molecule has 0 aliphatic heterocycles. The fraction of sp³-hybridized carbons (Fsp3) is 0.500. The molecule has 1 aromatic carbocycles. The molecule has 0 saturated heterocycles. The lowest BCUT2D eigenvalue weighted by atomic mass is 9.61. The average Bonchev–Trinajstić information content (AvgIpc) is 3.09. The van der Waals surface area contributed by atoms with Crippen molar-refractivity contribution < 1.29 is 4.79 Å². The Bertz CT molecular complexity index is 875. The molecule has 2 N–H and O–H groups in total. The van der Waals surface area contributed by atoms with Crippen LogP contribution in [-0.4, -0.2) is 16.1 Å². The minimum absolute atomic E-state index is 0.0243. The van der Waals surface area contributed by atoms with Crippen LogP contribution in [0.25, 0.3) is 6.08 Å². The predicted molar refractivity (Wildman–Crippen MR) is 112 cm³/mol. The van der Waals surface area contributed by atoms with E-state index in [0.29, 0.717) is 11.7 Å². The van der Waals surface area contributed by atoms with Crippen molar-refractivity contribution in [3.05, 3.63) is 53.2 Å². The summed E-state index contributed by atoms with van der Waals surface area (Å²) in [5.41, 5.74) is 3.64. The summed E-state index contributed by atoms with van der Waals surface area (Å²) in [5, 5.41) is 10.8. The summed E-state index contributed by atoms with van der Waals surface area (Å²) >= 11 is 0. The van der Waals surface area contributed by atoms with Gasteiger partial charge in [-0.3, -0.25) is 9.89 Å². The van der Waals surface area contributed by atoms with Gasteiger partial charge >= 0.3 is 0 Å². The predicted octanol–water partition coefficient (Wildman–Crippen LogP) is 5.24. The zero-order valence-electron chi connectivity index (χ0n) is 16.4. The van der Waals surface area contributed by atoms with Crippen molar-refractivity contribution in [3.63, 3.8) is 0 Å². The molecule has 1 unspecified atom stereocenters. The van der Waals surface area contributed by atoms with Crippen LogP contribution in [0.4, 0.5) is 5.82 Å². The van der Waals surface area contributed by atoms with Gasteiger partial charge in [0, 0.05) is 29.0 Å². The van der Waals surface area contributed by atoms with Gasteiger partial charge in [0.05, 0.1) is 0 Å². The molecule has 2 aromatic rings. The molecule has 1 amide bonds. The number of allylic oxidation sites excluding steroid dienone is 1. The summed E-state index contributed by atoms with van der Waals surface area (Å²) in [6.45, 7) is 0. The van der Waals surface area contributed by atoms with Gasteiger partial charge in [0.2, 0.25) is 5.91 Å². The SMILES string of the molecule is O=C(Nc1n[nH]c2c1C=CC(c1ccccc1)(C1CCCCC1)C2)C1CCC1. The first kappa shape index (κ1) is 17.7. The highest BCUT2D eigenvalue weighted by Crippen LogP contribution is 2.47. The van der Waals surface area contributed by atoms with Gasteiger partial charge < -0.3 is 5.32 Å². The van der Waals surface area contributed by atoms with Crippen LogP contribution in [0.3, 0.4) is 0 Å². The van der Waals surface area contributed by atoms with Crippen LogP contribution in [-0.2, 0) is 16.6 Å². The highest BCUT2D eigenvalue weighted by atomic mass is 16.2. The number of nitrogens with one attached hydrogen (secondary N) is 2. The largest absolute Gasteiger partial charge is 0.308 e. The minimum atomic E-state index is 0.0243. The van der Waals surface area contributed by atoms with E-state index < -0.39 is 0 Å². The third-order valence-electron chi connectivity index (χ3n) is 7.26. The number of aromatic nitrogens is 2. The standard InChI is InChI=1S/C24H29N3O/c28-23(17-8-7-9-17)25-22-20-14-15-24(16-21(20)26-27-22,18-10-3-1-4-11-18)19-12-5-2-6-13-19/h1,3-4,10-11,14-15,17,19H,2,5-9,12-13,16H2,(H2,25,26,27,28). The Morgan fingerprint density at radius 2 is 1.82 bits per heavy atom. The van der Waals surface area contributed by atoms with Crippen LogP contribution >= 0.6 is 0 Å². The normalized spacial score (nSPS) is 25.1. The van der Waals surface area contributed by atoms with Crippen molar-refractivity contribution in [3.8, 4) is 0 Å². The molecule has 4 heteroatoms. The highest BCUT2D eigenvalue weighted by molar-refractivity contribution is 5.94. The quantitative estimate of drug-likeness (QED) is 0.768. The fourth-order valence-electron chi connectivity index (χ4n) is 5.35. The molecule has 3 aliphatic rings. The molecular weight excluding hydrogens is 346 g/mol. The summed E-state index contributed by atoms with van der Waals surface area (Å²) in [7, 11) is 0. The number of carbonyl (C=O) groups excluding carboxylic acids is 1. The Kier molecular flexibility index (Phi) is 4.58. The van der Waals surface area contributed by atoms with E-state index in [0.717, 1.165) is 36.9 Å². The van der Waals surface area contributed by atoms with Crippen LogP contribution in [0.2, 0.25) is 0 Å². The van der Waals surface area contributed by atoms with Gasteiger partial charge in [-0.05, 0) is 37.2 Å². The van der Waals surface area contributed by atoms with Gasteiger partial charge in [0.1, 0.15) is 0 Å². The molecule has 3 aliphatic carbocycles. The van der Waals surface area contributed by atoms with E-state index in [2.05, 4.69) is 58.0 Å². The second kappa shape index (κ2) is 7.23. The van der Waals surface area contributed by atoms with Gasteiger partial charge in [-0.15, -0.1) is 0 Å². The molecule has 1 atom stereocenters. The number of nitrogens with zero attached hydrogens (tertiary/aromatic N) is 1. The van der Waals surface area contributed by atoms with E-state index in [9.17, 15) is 4.79 Å². The molecule has 146 valence electrons. The van der Waals surface area contributed by atoms with Crippen molar-refractivity contribution in [1.82, 2.24) is 10.2 Å². The Morgan fingerprint density at radius 1 is 1.04 bits per heavy atom. The number of carbonyl (C=O) groups is 1. The maximum absolute atomic E-state index is 12.4. The molecule has 0 radical (unpaired) electrons. The van der Waals surface area contributed by atoms with Crippen LogP contribution in [0.5, 0.6) is 0 Å². The molecule has 2 saturated carbocycles. The number of hydrogen-bond donors (Lipinski definition) is 2. The molecule has 0 bridgehead atoms. The average molecular weight is 376 g/mol. The number of anilines is 1. The van der Waals surface area contributed by atoms with Gasteiger partial charge in [0.25, 0.3) is 0 Å². The molecule has 2 fully saturated rings. The number of rotatable bonds is 4. The number of fused-ring (bicyclic) bond motifs is 1. The number of benzene rings is 1. The Balaban J connectivity index is 1.46. The Morgan fingerprint density at radius 3 is 2.54 bits per heavy atom. The first-order valence-corrected chi connectivity index (χ1v) is 10.9. The smallest absolute Gasteiger partial charge is 0.228 e. The monoisotopic (exact) mass is 375 g/mol. The molecule has 1 heterocycles. The molecule has 5 rings (SSSR count). The lowest BCUT2D eigenvalue weighted by Gasteiger charge is -2.43. The fourth-order valence-corrected chi connectivity index (χ4v) is 5.35. The summed E-state index contributed by atoms with van der Waals surface area (Å²) in [4.78, 5) is 12.4. The topological polar surface area (TPSA) is 57.8 Å². The number of H-pyrrole nitrogens is 1. The lowest BCUT2D eigenvalue weighted by Crippen LogP contribution is -2.38. The maximum atomic E-state index is 12.4. The van der Waals surface area contributed by atoms with Crippen LogP contribution < -0.4 is 5.32 Å². The van der Waals surface area contributed by atoms with E-state index in [1.165, 1.54) is 37.7 Å². The van der Waals surface area contributed by atoms with Crippen molar-refractivity contribution in [1.29, 1.82) is 0 Å². The third-order valence-corrected chi connectivity index (χ3v) is 7.26. The summed E-state index contributed by atoms with van der Waals surface area (Å²) in [5.74, 6) is 1.66. The second-order valence-electron chi connectivity index (χ2n) is 8.83. The third kappa shape index (κ3) is 2.99. The van der Waals surface area contributed by atoms with Gasteiger partial charge in [-0.25, -0.2) is 0 Å². The highest BCUT2D eigenvalue weighted by Gasteiger charge is 2.42. The van der Waals surface area contributed by atoms with Crippen molar-refractivity contribution >= 4 is 17.8 Å².